The average molecular weight is 491 g/mol. The van der Waals surface area contributed by atoms with Crippen LogP contribution in [0.5, 0.6) is 5.75 Å². The Kier molecular flexibility index (Phi) is 6.29. The fourth-order valence-corrected chi connectivity index (χ4v) is 4.20. The topological polar surface area (TPSA) is 109 Å². The first-order valence-corrected chi connectivity index (χ1v) is 11.7. The standard InChI is InChI=1S/C26H23ClN4O4/c27-20-8-2-1-5-17(20)15-28-26(34)31-22(16-6-3-7-16)14-21(30-31)19-11-10-18(13-23(19)32)29-25(33)24-9-4-12-35-24/h1-2,4-5,8-14,16,32H,3,6-7,15H2,(H,28,34)(H,29,33). The number of furan rings is 1. The van der Waals surface area contributed by atoms with Gasteiger partial charge in [-0.15, -0.1) is 0 Å². The molecule has 0 unspecified atom stereocenters. The first kappa shape index (κ1) is 22.7. The van der Waals surface area contributed by atoms with E-state index in [4.69, 9.17) is 16.0 Å². The van der Waals surface area contributed by atoms with Crippen molar-refractivity contribution in [3.63, 3.8) is 0 Å². The number of benzene rings is 2. The van der Waals surface area contributed by atoms with Gasteiger partial charge in [0.25, 0.3) is 5.91 Å². The van der Waals surface area contributed by atoms with Crippen LogP contribution in [0, 0.1) is 0 Å². The summed E-state index contributed by atoms with van der Waals surface area (Å²) in [6, 6.07) is 16.7. The van der Waals surface area contributed by atoms with Gasteiger partial charge >= 0.3 is 6.03 Å². The molecule has 2 aromatic heterocycles. The van der Waals surface area contributed by atoms with Gasteiger partial charge in [0, 0.05) is 34.8 Å². The quantitative estimate of drug-likeness (QED) is 0.317. The van der Waals surface area contributed by atoms with Crippen molar-refractivity contribution < 1.29 is 19.1 Å². The Bertz CT molecular complexity index is 1380. The zero-order chi connectivity index (χ0) is 24.4. The third-order valence-corrected chi connectivity index (χ3v) is 6.49. The Labute approximate surface area is 206 Å². The SMILES string of the molecule is O=C(Nc1ccc(-c2cc(C3CCC3)n(C(=O)NCc3ccccc3Cl)n2)c(O)c1)c1ccco1. The third kappa shape index (κ3) is 4.79. The number of amides is 2. The normalized spacial score (nSPS) is 13.3. The second-order valence-corrected chi connectivity index (χ2v) is 8.81. The van der Waals surface area contributed by atoms with Crippen molar-refractivity contribution in [3.05, 3.63) is 89.0 Å². The fraction of sp³-hybridized carbons (Fsp3) is 0.192. The van der Waals surface area contributed by atoms with Crippen molar-refractivity contribution in [2.75, 3.05) is 5.32 Å². The first-order valence-electron chi connectivity index (χ1n) is 11.3. The summed E-state index contributed by atoms with van der Waals surface area (Å²) in [5.74, 6) is -0.0889. The summed E-state index contributed by atoms with van der Waals surface area (Å²) in [5.41, 5.74) is 2.95. The molecule has 1 saturated carbocycles. The number of nitrogens with zero attached hydrogens (tertiary/aromatic N) is 2. The Balaban J connectivity index is 1.37. The van der Waals surface area contributed by atoms with Crippen molar-refractivity contribution in [3.8, 4) is 17.0 Å². The molecular formula is C26H23ClN4O4. The number of phenolic OH excluding ortho intramolecular Hbond substituents is 1. The monoisotopic (exact) mass is 490 g/mol. The molecule has 0 spiro atoms. The minimum atomic E-state index is -0.422. The molecule has 1 aliphatic rings. The van der Waals surface area contributed by atoms with Gasteiger partial charge in [-0.2, -0.15) is 9.78 Å². The molecule has 3 N–H and O–H groups in total. The summed E-state index contributed by atoms with van der Waals surface area (Å²) in [7, 11) is 0. The molecule has 4 aromatic rings. The van der Waals surface area contributed by atoms with Gasteiger partial charge in [-0.05, 0) is 54.8 Å². The number of aromatic nitrogens is 2. The van der Waals surface area contributed by atoms with E-state index >= 15 is 0 Å². The molecule has 35 heavy (non-hydrogen) atoms. The van der Waals surface area contributed by atoms with Gasteiger partial charge in [-0.3, -0.25) is 4.79 Å². The average Bonchev–Trinajstić information content (AvgIpc) is 3.48. The van der Waals surface area contributed by atoms with E-state index in [9.17, 15) is 14.7 Å². The Morgan fingerprint density at radius 3 is 2.63 bits per heavy atom. The van der Waals surface area contributed by atoms with Crippen LogP contribution < -0.4 is 10.6 Å². The van der Waals surface area contributed by atoms with E-state index in [-0.39, 0.29) is 30.0 Å². The molecule has 5 rings (SSSR count). The molecule has 1 fully saturated rings. The molecule has 0 radical (unpaired) electrons. The van der Waals surface area contributed by atoms with Crippen LogP contribution in [0.3, 0.4) is 0 Å². The number of phenols is 1. The number of hydrogen-bond donors (Lipinski definition) is 3. The predicted octanol–water partition coefficient (Wildman–Crippen LogP) is 5.78. The lowest BCUT2D eigenvalue weighted by molar-refractivity contribution is 0.0996. The fourth-order valence-electron chi connectivity index (χ4n) is 4.00. The summed E-state index contributed by atoms with van der Waals surface area (Å²) >= 11 is 6.21. The van der Waals surface area contributed by atoms with Crippen molar-refractivity contribution in [1.29, 1.82) is 0 Å². The molecule has 0 saturated heterocycles. The number of carbonyl (C=O) groups is 2. The molecule has 1 aliphatic carbocycles. The molecule has 0 aliphatic heterocycles. The zero-order valence-corrected chi connectivity index (χ0v) is 19.5. The lowest BCUT2D eigenvalue weighted by atomic mass is 9.82. The highest BCUT2D eigenvalue weighted by Crippen LogP contribution is 2.39. The lowest BCUT2D eigenvalue weighted by Gasteiger charge is -2.25. The Morgan fingerprint density at radius 2 is 1.94 bits per heavy atom. The molecule has 2 amide bonds. The van der Waals surface area contributed by atoms with E-state index < -0.39 is 5.91 Å². The summed E-state index contributed by atoms with van der Waals surface area (Å²) < 4.78 is 6.47. The van der Waals surface area contributed by atoms with E-state index in [0.29, 0.717) is 22.0 Å². The largest absolute Gasteiger partial charge is 0.507 e. The highest BCUT2D eigenvalue weighted by Gasteiger charge is 2.27. The summed E-state index contributed by atoms with van der Waals surface area (Å²) in [6.07, 6.45) is 4.47. The first-order chi connectivity index (χ1) is 17.0. The molecule has 178 valence electrons. The third-order valence-electron chi connectivity index (χ3n) is 6.12. The van der Waals surface area contributed by atoms with Gasteiger partial charge in [0.05, 0.1) is 17.7 Å². The number of rotatable bonds is 6. The van der Waals surface area contributed by atoms with Crippen molar-refractivity contribution in [2.45, 2.75) is 31.7 Å². The molecule has 2 aromatic carbocycles. The van der Waals surface area contributed by atoms with Crippen LogP contribution in [0.15, 0.2) is 71.3 Å². The maximum atomic E-state index is 13.0. The molecule has 9 heteroatoms. The van der Waals surface area contributed by atoms with Crippen LogP contribution in [0.2, 0.25) is 5.02 Å². The lowest BCUT2D eigenvalue weighted by Crippen LogP contribution is -2.31. The van der Waals surface area contributed by atoms with Crippen molar-refractivity contribution >= 4 is 29.2 Å². The van der Waals surface area contributed by atoms with Crippen molar-refractivity contribution in [2.24, 2.45) is 0 Å². The van der Waals surface area contributed by atoms with Gasteiger partial charge in [-0.1, -0.05) is 36.2 Å². The minimum Gasteiger partial charge on any atom is -0.507 e. The van der Waals surface area contributed by atoms with Gasteiger partial charge < -0.3 is 20.2 Å². The highest BCUT2D eigenvalue weighted by molar-refractivity contribution is 6.31. The van der Waals surface area contributed by atoms with Crippen LogP contribution in [0.25, 0.3) is 11.3 Å². The van der Waals surface area contributed by atoms with Crippen molar-refractivity contribution in [1.82, 2.24) is 15.1 Å². The molecule has 0 bridgehead atoms. The van der Waals surface area contributed by atoms with Gasteiger partial charge in [0.1, 0.15) is 5.75 Å². The summed E-state index contributed by atoms with van der Waals surface area (Å²) in [5, 5.41) is 21.3. The maximum absolute atomic E-state index is 13.0. The Morgan fingerprint density at radius 1 is 1.11 bits per heavy atom. The number of carbonyl (C=O) groups excluding carboxylic acids is 2. The number of anilines is 1. The van der Waals surface area contributed by atoms with Crippen LogP contribution in [0.1, 0.15) is 47.0 Å². The number of halogens is 1. The summed E-state index contributed by atoms with van der Waals surface area (Å²) in [4.78, 5) is 25.2. The molecule has 2 heterocycles. The van der Waals surface area contributed by atoms with Gasteiger partial charge in [0.15, 0.2) is 5.76 Å². The van der Waals surface area contributed by atoms with E-state index in [1.54, 1.807) is 30.3 Å². The summed E-state index contributed by atoms with van der Waals surface area (Å²) in [6.45, 7) is 0.271. The second-order valence-electron chi connectivity index (χ2n) is 8.41. The van der Waals surface area contributed by atoms with E-state index in [1.807, 2.05) is 24.3 Å². The highest BCUT2D eigenvalue weighted by atomic mass is 35.5. The van der Waals surface area contributed by atoms with E-state index in [2.05, 4.69) is 15.7 Å². The van der Waals surface area contributed by atoms with E-state index in [1.165, 1.54) is 17.0 Å². The number of nitrogens with one attached hydrogen (secondary N) is 2. The maximum Gasteiger partial charge on any atom is 0.342 e. The predicted molar refractivity (Wildman–Crippen MR) is 132 cm³/mol. The number of hydrogen-bond acceptors (Lipinski definition) is 5. The minimum absolute atomic E-state index is 0.0662. The molecular weight excluding hydrogens is 468 g/mol. The van der Waals surface area contributed by atoms with Gasteiger partial charge in [-0.25, -0.2) is 4.79 Å². The van der Waals surface area contributed by atoms with E-state index in [0.717, 1.165) is 30.5 Å². The van der Waals surface area contributed by atoms with Crippen LogP contribution in [-0.2, 0) is 6.54 Å². The Hall–Kier alpha value is -4.04. The van der Waals surface area contributed by atoms with Gasteiger partial charge in [0.2, 0.25) is 0 Å². The smallest absolute Gasteiger partial charge is 0.342 e. The molecule has 8 nitrogen and oxygen atoms in total. The van der Waals surface area contributed by atoms with Crippen LogP contribution in [-0.4, -0.2) is 26.8 Å². The zero-order valence-electron chi connectivity index (χ0n) is 18.7. The number of aromatic hydroxyl groups is 1. The second kappa shape index (κ2) is 9.68. The van der Waals surface area contributed by atoms with Crippen LogP contribution >= 0.6 is 11.6 Å². The molecule has 0 atom stereocenters. The van der Waals surface area contributed by atoms with Crippen LogP contribution in [0.4, 0.5) is 10.5 Å².